The maximum absolute atomic E-state index is 2.54. The molecule has 0 spiro atoms. The summed E-state index contributed by atoms with van der Waals surface area (Å²) in [5.74, 6) is 0. The molecule has 4 aromatic rings. The van der Waals surface area contributed by atoms with E-state index in [0.29, 0.717) is 6.04 Å². The van der Waals surface area contributed by atoms with Gasteiger partial charge in [-0.3, -0.25) is 0 Å². The van der Waals surface area contributed by atoms with Crippen LogP contribution in [0.1, 0.15) is 38.8 Å². The van der Waals surface area contributed by atoms with Crippen LogP contribution in [0.15, 0.2) is 72.8 Å². The Morgan fingerprint density at radius 3 is 1.97 bits per heavy atom. The van der Waals surface area contributed by atoms with Crippen LogP contribution >= 0.6 is 0 Å². The fourth-order valence-electron chi connectivity index (χ4n) is 4.59. The van der Waals surface area contributed by atoms with Crippen LogP contribution in [0.4, 0.5) is 0 Å². The Morgan fingerprint density at radius 2 is 1.31 bits per heavy atom. The smallest absolute Gasteiger partial charge is 0.171 e. The van der Waals surface area contributed by atoms with E-state index in [4.69, 9.17) is 0 Å². The quantitative estimate of drug-likeness (QED) is 0.312. The molecule has 0 saturated heterocycles. The molecule has 0 N–H and O–H groups in total. The van der Waals surface area contributed by atoms with Crippen molar-refractivity contribution in [1.82, 2.24) is 0 Å². The van der Waals surface area contributed by atoms with Gasteiger partial charge in [-0.15, -0.1) is 0 Å². The monoisotopic (exact) mass is 378 g/mol. The first-order chi connectivity index (χ1) is 13.9. The lowest BCUT2D eigenvalue weighted by Gasteiger charge is -2.25. The van der Waals surface area contributed by atoms with Crippen LogP contribution in [-0.2, 0) is 6.54 Å². The number of hydrogen-bond acceptors (Lipinski definition) is 0. The molecule has 0 aliphatic carbocycles. The zero-order valence-corrected chi connectivity index (χ0v) is 17.7. The summed E-state index contributed by atoms with van der Waals surface area (Å²) in [4.78, 5) is 0. The van der Waals surface area contributed by atoms with Gasteiger partial charge in [0.05, 0.1) is 0 Å². The van der Waals surface area contributed by atoms with Crippen LogP contribution in [0.3, 0.4) is 0 Å². The summed E-state index contributed by atoms with van der Waals surface area (Å²) in [5.41, 5.74) is 5.70. The fourth-order valence-corrected chi connectivity index (χ4v) is 4.59. The van der Waals surface area contributed by atoms with E-state index in [0.717, 1.165) is 6.54 Å². The molecule has 1 heteroatoms. The first kappa shape index (κ1) is 18.1. The minimum absolute atomic E-state index is 0.203. The molecular formula is C28H28N+. The van der Waals surface area contributed by atoms with Gasteiger partial charge in [-0.25, -0.2) is 4.58 Å². The Kier molecular flexibility index (Phi) is 4.10. The number of nitrogens with zero attached hydrogens (tertiary/aromatic N) is 1. The molecule has 4 aromatic carbocycles. The lowest BCUT2D eigenvalue weighted by atomic mass is 9.87. The average molecular weight is 379 g/mol. The lowest BCUT2D eigenvalue weighted by Crippen LogP contribution is -2.35. The van der Waals surface area contributed by atoms with Crippen molar-refractivity contribution in [2.45, 2.75) is 40.3 Å². The van der Waals surface area contributed by atoms with Crippen molar-refractivity contribution in [3.63, 3.8) is 0 Å². The highest BCUT2D eigenvalue weighted by Crippen LogP contribution is 2.40. The first-order valence-corrected chi connectivity index (χ1v) is 10.6. The topological polar surface area (TPSA) is 3.01 Å². The van der Waals surface area contributed by atoms with Gasteiger partial charge in [0, 0.05) is 27.7 Å². The van der Waals surface area contributed by atoms with E-state index in [1.807, 2.05) is 0 Å². The summed E-state index contributed by atoms with van der Waals surface area (Å²) in [7, 11) is 0. The summed E-state index contributed by atoms with van der Waals surface area (Å²) in [6, 6.07) is 27.2. The molecule has 1 atom stereocenters. The van der Waals surface area contributed by atoms with Gasteiger partial charge in [0.25, 0.3) is 0 Å². The third-order valence-electron chi connectivity index (χ3n) is 6.64. The second-order valence-electron chi connectivity index (χ2n) is 9.42. The largest absolute Gasteiger partial charge is 0.228 e. The molecule has 1 nitrogen and oxygen atoms in total. The SMILES string of the molecule is C[C@H]([N+]1=Cc2ccc3ccccc3c2-c2c(ccc3ccccc23)C1)C(C)(C)C. The number of rotatable bonds is 1. The molecule has 0 aromatic heterocycles. The van der Waals surface area contributed by atoms with Gasteiger partial charge in [-0.05, 0) is 34.5 Å². The Morgan fingerprint density at radius 1 is 0.724 bits per heavy atom. The van der Waals surface area contributed by atoms with Crippen LogP contribution in [0.2, 0.25) is 0 Å². The molecular weight excluding hydrogens is 350 g/mol. The molecule has 5 rings (SSSR count). The van der Waals surface area contributed by atoms with Gasteiger partial charge >= 0.3 is 0 Å². The van der Waals surface area contributed by atoms with Gasteiger partial charge in [0.1, 0.15) is 0 Å². The van der Waals surface area contributed by atoms with Gasteiger partial charge < -0.3 is 0 Å². The van der Waals surface area contributed by atoms with Crippen molar-refractivity contribution in [2.75, 3.05) is 0 Å². The fraction of sp³-hybridized carbons (Fsp3) is 0.250. The Hall–Kier alpha value is -2.93. The van der Waals surface area contributed by atoms with Crippen molar-refractivity contribution in [3.05, 3.63) is 83.9 Å². The summed E-state index contributed by atoms with van der Waals surface area (Å²) in [6.45, 7) is 10.3. The maximum Gasteiger partial charge on any atom is 0.171 e. The van der Waals surface area contributed by atoms with E-state index >= 15 is 0 Å². The van der Waals surface area contributed by atoms with Crippen LogP contribution in [-0.4, -0.2) is 16.8 Å². The highest BCUT2D eigenvalue weighted by atomic mass is 15.0. The van der Waals surface area contributed by atoms with Gasteiger partial charge in [0.2, 0.25) is 0 Å². The first-order valence-electron chi connectivity index (χ1n) is 10.6. The summed E-state index contributed by atoms with van der Waals surface area (Å²) in [5, 5.41) is 5.30. The van der Waals surface area contributed by atoms with E-state index < -0.39 is 0 Å². The van der Waals surface area contributed by atoms with Crippen LogP contribution in [0, 0.1) is 5.41 Å². The number of hydrogen-bond donors (Lipinski definition) is 0. The van der Waals surface area contributed by atoms with E-state index in [2.05, 4.69) is 111 Å². The summed E-state index contributed by atoms with van der Waals surface area (Å²) < 4.78 is 2.54. The zero-order chi connectivity index (χ0) is 20.2. The second-order valence-corrected chi connectivity index (χ2v) is 9.42. The zero-order valence-electron chi connectivity index (χ0n) is 17.7. The molecule has 29 heavy (non-hydrogen) atoms. The molecule has 0 saturated carbocycles. The predicted molar refractivity (Wildman–Crippen MR) is 125 cm³/mol. The molecule has 1 aliphatic rings. The number of benzene rings is 4. The van der Waals surface area contributed by atoms with Crippen LogP contribution < -0.4 is 0 Å². The van der Waals surface area contributed by atoms with Crippen LogP contribution in [0.25, 0.3) is 32.7 Å². The molecule has 0 radical (unpaired) electrons. The summed E-state index contributed by atoms with van der Waals surface area (Å²) in [6.07, 6.45) is 2.40. The third-order valence-corrected chi connectivity index (χ3v) is 6.64. The Balaban J connectivity index is 1.91. The van der Waals surface area contributed by atoms with Crippen molar-refractivity contribution in [3.8, 4) is 11.1 Å². The van der Waals surface area contributed by atoms with E-state index in [9.17, 15) is 0 Å². The normalized spacial score (nSPS) is 14.8. The minimum Gasteiger partial charge on any atom is -0.228 e. The van der Waals surface area contributed by atoms with E-state index in [1.54, 1.807) is 0 Å². The molecule has 144 valence electrons. The minimum atomic E-state index is 0.203. The van der Waals surface area contributed by atoms with Crippen molar-refractivity contribution in [1.29, 1.82) is 0 Å². The second kappa shape index (κ2) is 6.56. The Labute approximate surface area is 173 Å². The molecule has 0 bridgehead atoms. The highest BCUT2D eigenvalue weighted by molar-refractivity contribution is 6.11. The van der Waals surface area contributed by atoms with Crippen molar-refractivity contribution in [2.24, 2.45) is 5.41 Å². The summed E-state index contributed by atoms with van der Waals surface area (Å²) >= 11 is 0. The number of fused-ring (bicyclic) bond motifs is 7. The average Bonchev–Trinajstić information content (AvgIpc) is 2.89. The molecule has 0 unspecified atom stereocenters. The Bertz CT molecular complexity index is 1270. The third kappa shape index (κ3) is 2.97. The van der Waals surface area contributed by atoms with Gasteiger partial charge in [0.15, 0.2) is 18.8 Å². The molecule has 0 amide bonds. The van der Waals surface area contributed by atoms with E-state index in [1.165, 1.54) is 43.8 Å². The molecule has 0 fully saturated rings. The predicted octanol–water partition coefficient (Wildman–Crippen LogP) is 7.04. The maximum atomic E-state index is 2.54. The standard InChI is InChI=1S/C28H28N/c1-19(28(2,3)4)29-17-22-15-13-20-9-5-7-11-24(20)26(22)27-23(18-29)16-14-21-10-6-8-12-25(21)27/h5-17,19H,18H2,1-4H3/q+1/t19-/m0/s1. The lowest BCUT2D eigenvalue weighted by molar-refractivity contribution is -0.587. The molecule has 1 aliphatic heterocycles. The van der Waals surface area contributed by atoms with Gasteiger partial charge in [-0.1, -0.05) is 87.5 Å². The van der Waals surface area contributed by atoms with Crippen LogP contribution in [0.5, 0.6) is 0 Å². The van der Waals surface area contributed by atoms with Crippen molar-refractivity contribution < 1.29 is 4.58 Å². The van der Waals surface area contributed by atoms with Crippen molar-refractivity contribution >= 4 is 27.8 Å². The van der Waals surface area contributed by atoms with Gasteiger partial charge in [-0.2, -0.15) is 0 Å². The molecule has 1 heterocycles. The highest BCUT2D eigenvalue weighted by Gasteiger charge is 2.32. The van der Waals surface area contributed by atoms with E-state index in [-0.39, 0.29) is 5.41 Å².